The topological polar surface area (TPSA) is 64.9 Å². The lowest BCUT2D eigenvalue weighted by molar-refractivity contribution is 0.344. The molecule has 1 heterocycles. The van der Waals surface area contributed by atoms with Crippen molar-refractivity contribution in [1.82, 2.24) is 10.1 Å². The van der Waals surface area contributed by atoms with Gasteiger partial charge in [0.05, 0.1) is 11.7 Å². The van der Waals surface area contributed by atoms with E-state index < -0.39 is 0 Å². The van der Waals surface area contributed by atoms with Gasteiger partial charge in [0.25, 0.3) is 0 Å². The standard InChI is InChI=1S/C14H25N3OS/c1-2-6-11(9-15)14-16-13(17-18-14)10-19-12-7-4-3-5-8-12/h11-12H,2-10,15H2,1H3. The van der Waals surface area contributed by atoms with Crippen molar-refractivity contribution in [2.45, 2.75) is 68.8 Å². The molecule has 1 aromatic heterocycles. The second-order valence-electron chi connectivity index (χ2n) is 5.34. The summed E-state index contributed by atoms with van der Waals surface area (Å²) in [6.07, 6.45) is 8.96. The predicted molar refractivity (Wildman–Crippen MR) is 79.2 cm³/mol. The van der Waals surface area contributed by atoms with Crippen molar-refractivity contribution >= 4 is 11.8 Å². The van der Waals surface area contributed by atoms with Gasteiger partial charge in [0.1, 0.15) is 0 Å². The highest BCUT2D eigenvalue weighted by atomic mass is 32.2. The zero-order valence-electron chi connectivity index (χ0n) is 11.8. The number of hydrogen-bond acceptors (Lipinski definition) is 5. The Hall–Kier alpha value is -0.550. The van der Waals surface area contributed by atoms with Gasteiger partial charge in [-0.05, 0) is 19.3 Å². The van der Waals surface area contributed by atoms with E-state index in [1.54, 1.807) is 0 Å². The second kappa shape index (κ2) is 7.90. The van der Waals surface area contributed by atoms with Crippen LogP contribution in [0.15, 0.2) is 4.52 Å². The number of nitrogens with zero attached hydrogens (tertiary/aromatic N) is 2. The number of aromatic nitrogens is 2. The maximum atomic E-state index is 5.76. The fourth-order valence-electron chi connectivity index (χ4n) is 2.61. The largest absolute Gasteiger partial charge is 0.339 e. The normalized spacial score (nSPS) is 18.6. The minimum absolute atomic E-state index is 0.228. The van der Waals surface area contributed by atoms with Gasteiger partial charge >= 0.3 is 0 Å². The van der Waals surface area contributed by atoms with Crippen LogP contribution in [0.25, 0.3) is 0 Å². The van der Waals surface area contributed by atoms with Gasteiger partial charge in [-0.15, -0.1) is 0 Å². The molecule has 1 aliphatic rings. The van der Waals surface area contributed by atoms with Crippen LogP contribution >= 0.6 is 11.8 Å². The highest BCUT2D eigenvalue weighted by molar-refractivity contribution is 7.99. The average Bonchev–Trinajstić information content (AvgIpc) is 2.92. The molecule has 108 valence electrons. The molecule has 0 spiro atoms. The number of thioether (sulfide) groups is 1. The Morgan fingerprint density at radius 3 is 2.84 bits per heavy atom. The minimum atomic E-state index is 0.228. The van der Waals surface area contributed by atoms with E-state index in [1.807, 2.05) is 11.8 Å². The summed E-state index contributed by atoms with van der Waals surface area (Å²) in [6.45, 7) is 2.74. The molecule has 0 radical (unpaired) electrons. The third-order valence-corrected chi connectivity index (χ3v) is 5.12. The van der Waals surface area contributed by atoms with E-state index in [2.05, 4.69) is 17.1 Å². The van der Waals surface area contributed by atoms with E-state index in [1.165, 1.54) is 32.1 Å². The van der Waals surface area contributed by atoms with Crippen LogP contribution < -0.4 is 5.73 Å². The molecule has 0 bridgehead atoms. The van der Waals surface area contributed by atoms with Crippen LogP contribution in [0.2, 0.25) is 0 Å². The first kappa shape index (κ1) is 14.9. The third kappa shape index (κ3) is 4.49. The van der Waals surface area contributed by atoms with Gasteiger partial charge in [0, 0.05) is 11.8 Å². The zero-order chi connectivity index (χ0) is 13.5. The van der Waals surface area contributed by atoms with Gasteiger partial charge in [0.2, 0.25) is 5.89 Å². The lowest BCUT2D eigenvalue weighted by Gasteiger charge is -2.20. The van der Waals surface area contributed by atoms with Crippen LogP contribution in [0, 0.1) is 0 Å². The zero-order valence-corrected chi connectivity index (χ0v) is 12.6. The first-order chi connectivity index (χ1) is 9.33. The van der Waals surface area contributed by atoms with Gasteiger partial charge in [-0.25, -0.2) is 0 Å². The van der Waals surface area contributed by atoms with Crippen molar-refractivity contribution in [2.24, 2.45) is 5.73 Å². The SMILES string of the molecule is CCCC(CN)c1nc(CSC2CCCCC2)no1. The first-order valence-corrected chi connectivity index (χ1v) is 8.52. The fourth-order valence-corrected chi connectivity index (χ4v) is 3.78. The van der Waals surface area contributed by atoms with Gasteiger partial charge in [-0.2, -0.15) is 16.7 Å². The molecule has 1 fully saturated rings. The Labute approximate surface area is 119 Å². The van der Waals surface area contributed by atoms with Crippen LogP contribution in [0.4, 0.5) is 0 Å². The quantitative estimate of drug-likeness (QED) is 0.830. The molecule has 1 aliphatic carbocycles. The van der Waals surface area contributed by atoms with E-state index >= 15 is 0 Å². The Kier molecular flexibility index (Phi) is 6.17. The summed E-state index contributed by atoms with van der Waals surface area (Å²) in [5.41, 5.74) is 5.76. The summed E-state index contributed by atoms with van der Waals surface area (Å²) >= 11 is 1.98. The second-order valence-corrected chi connectivity index (χ2v) is 6.63. The maximum absolute atomic E-state index is 5.76. The molecule has 1 aromatic rings. The molecule has 1 unspecified atom stereocenters. The molecular weight excluding hydrogens is 258 g/mol. The highest BCUT2D eigenvalue weighted by Crippen LogP contribution is 2.30. The molecule has 1 saturated carbocycles. The van der Waals surface area contributed by atoms with E-state index in [0.29, 0.717) is 6.54 Å². The number of nitrogens with two attached hydrogens (primary N) is 1. The van der Waals surface area contributed by atoms with E-state index in [0.717, 1.165) is 35.6 Å². The average molecular weight is 283 g/mol. The summed E-state index contributed by atoms with van der Waals surface area (Å²) in [5.74, 6) is 2.66. The van der Waals surface area contributed by atoms with E-state index in [9.17, 15) is 0 Å². The van der Waals surface area contributed by atoms with Crippen molar-refractivity contribution in [1.29, 1.82) is 0 Å². The van der Waals surface area contributed by atoms with Crippen molar-refractivity contribution in [3.8, 4) is 0 Å². The summed E-state index contributed by atoms with van der Waals surface area (Å²) in [5, 5.41) is 4.88. The molecule has 5 heteroatoms. The molecular formula is C14H25N3OS. The summed E-state index contributed by atoms with van der Waals surface area (Å²) < 4.78 is 5.36. The van der Waals surface area contributed by atoms with Crippen molar-refractivity contribution in [3.63, 3.8) is 0 Å². The van der Waals surface area contributed by atoms with Crippen molar-refractivity contribution in [2.75, 3.05) is 6.54 Å². The van der Waals surface area contributed by atoms with Gasteiger partial charge in [-0.3, -0.25) is 0 Å². The number of rotatable bonds is 7. The van der Waals surface area contributed by atoms with E-state index in [-0.39, 0.29) is 5.92 Å². The van der Waals surface area contributed by atoms with Crippen LogP contribution in [0.5, 0.6) is 0 Å². The Balaban J connectivity index is 1.82. The van der Waals surface area contributed by atoms with Gasteiger partial charge < -0.3 is 10.3 Å². The van der Waals surface area contributed by atoms with E-state index in [4.69, 9.17) is 10.3 Å². The van der Waals surface area contributed by atoms with Crippen LogP contribution in [-0.4, -0.2) is 21.9 Å². The summed E-state index contributed by atoms with van der Waals surface area (Å²) in [4.78, 5) is 4.51. The van der Waals surface area contributed by atoms with Crippen LogP contribution in [-0.2, 0) is 5.75 Å². The molecule has 19 heavy (non-hydrogen) atoms. The first-order valence-electron chi connectivity index (χ1n) is 7.47. The van der Waals surface area contributed by atoms with Crippen LogP contribution in [0.1, 0.15) is 69.5 Å². The smallest absolute Gasteiger partial charge is 0.231 e. The number of hydrogen-bond donors (Lipinski definition) is 1. The van der Waals surface area contributed by atoms with Crippen molar-refractivity contribution in [3.05, 3.63) is 11.7 Å². The predicted octanol–water partition coefficient (Wildman–Crippen LogP) is 3.48. The molecule has 2 N–H and O–H groups in total. The maximum Gasteiger partial charge on any atom is 0.231 e. The molecule has 0 amide bonds. The Bertz CT molecular complexity index is 363. The fraction of sp³-hybridized carbons (Fsp3) is 0.857. The summed E-state index contributed by atoms with van der Waals surface area (Å²) in [6, 6.07) is 0. The van der Waals surface area contributed by atoms with Gasteiger partial charge in [-0.1, -0.05) is 37.8 Å². The molecule has 1 atom stereocenters. The highest BCUT2D eigenvalue weighted by Gasteiger charge is 2.18. The van der Waals surface area contributed by atoms with Gasteiger partial charge in [0.15, 0.2) is 5.82 Å². The lowest BCUT2D eigenvalue weighted by atomic mass is 10.0. The Morgan fingerprint density at radius 2 is 2.16 bits per heavy atom. The Morgan fingerprint density at radius 1 is 1.37 bits per heavy atom. The van der Waals surface area contributed by atoms with Crippen LogP contribution in [0.3, 0.4) is 0 Å². The minimum Gasteiger partial charge on any atom is -0.339 e. The third-order valence-electron chi connectivity index (χ3n) is 3.76. The molecule has 2 rings (SSSR count). The molecule has 0 saturated heterocycles. The molecule has 0 aliphatic heterocycles. The molecule has 0 aromatic carbocycles. The molecule has 4 nitrogen and oxygen atoms in total. The lowest BCUT2D eigenvalue weighted by Crippen LogP contribution is -2.12. The monoisotopic (exact) mass is 283 g/mol. The summed E-state index contributed by atoms with van der Waals surface area (Å²) in [7, 11) is 0. The van der Waals surface area contributed by atoms with Crippen molar-refractivity contribution < 1.29 is 4.52 Å².